The van der Waals surface area contributed by atoms with E-state index in [1.165, 1.54) is 0 Å². The van der Waals surface area contributed by atoms with Gasteiger partial charge in [-0.1, -0.05) is 26.7 Å². The normalized spacial score (nSPS) is 24.2. The summed E-state index contributed by atoms with van der Waals surface area (Å²) in [6, 6.07) is 0. The van der Waals surface area contributed by atoms with Crippen molar-refractivity contribution in [3.8, 4) is 0 Å². The first-order valence-corrected chi connectivity index (χ1v) is 8.95. The Balaban J connectivity index is 2.16. The van der Waals surface area contributed by atoms with Crippen molar-refractivity contribution in [3.05, 3.63) is 29.0 Å². The molecule has 1 radical (unpaired) electrons. The maximum atomic E-state index is 9.33. The second-order valence-corrected chi connectivity index (χ2v) is 5.99. The lowest BCUT2D eigenvalue weighted by atomic mass is 9.96. The molecule has 0 aromatic heterocycles. The van der Waals surface area contributed by atoms with Gasteiger partial charge in [0.05, 0.1) is 25.4 Å². The highest BCUT2D eigenvalue weighted by Gasteiger charge is 2.33. The quantitative estimate of drug-likeness (QED) is 0.369. The summed E-state index contributed by atoms with van der Waals surface area (Å²) >= 11 is 0. The minimum Gasteiger partial charge on any atom is -0.493 e. The molecule has 0 saturated carbocycles. The highest BCUT2D eigenvalue weighted by Crippen LogP contribution is 2.26. The smallest absolute Gasteiger partial charge is 0.328 e. The zero-order chi connectivity index (χ0) is 17.2. The fourth-order valence-electron chi connectivity index (χ4n) is 2.63. The lowest BCUT2D eigenvalue weighted by molar-refractivity contribution is -0.0241. The molecular formula is C18H28N3O3. The molecule has 133 valence electrons. The van der Waals surface area contributed by atoms with Crippen LogP contribution in [0.15, 0.2) is 23.5 Å². The summed E-state index contributed by atoms with van der Waals surface area (Å²) in [5.74, 6) is 0.702. The molecule has 0 spiro atoms. The molecule has 0 aromatic carbocycles. The Morgan fingerprint density at radius 1 is 1.29 bits per heavy atom. The first kappa shape index (κ1) is 18.9. The molecule has 0 amide bonds. The van der Waals surface area contributed by atoms with Gasteiger partial charge in [0.2, 0.25) is 0 Å². The molecule has 1 fully saturated rings. The van der Waals surface area contributed by atoms with E-state index in [1.807, 2.05) is 6.08 Å². The number of unbranched alkanes of at least 4 members (excludes halogenated alkanes) is 2. The molecule has 1 aliphatic heterocycles. The highest BCUT2D eigenvalue weighted by atomic mass is 16.5. The van der Waals surface area contributed by atoms with E-state index in [0.29, 0.717) is 37.8 Å². The van der Waals surface area contributed by atoms with Gasteiger partial charge in [-0.3, -0.25) is 0 Å². The van der Waals surface area contributed by atoms with Gasteiger partial charge < -0.3 is 19.7 Å². The molecule has 1 saturated heterocycles. The van der Waals surface area contributed by atoms with Crippen LogP contribution in [0.4, 0.5) is 0 Å². The summed E-state index contributed by atoms with van der Waals surface area (Å²) in [7, 11) is 0. The van der Waals surface area contributed by atoms with E-state index in [4.69, 9.17) is 14.2 Å². The maximum absolute atomic E-state index is 9.33. The molecule has 1 heterocycles. The van der Waals surface area contributed by atoms with E-state index in [0.717, 1.165) is 37.8 Å². The van der Waals surface area contributed by atoms with Crippen molar-refractivity contribution in [2.75, 3.05) is 32.9 Å². The summed E-state index contributed by atoms with van der Waals surface area (Å²) < 4.78 is 17.6. The number of hydrogen-bond donors (Lipinski definition) is 0. The van der Waals surface area contributed by atoms with E-state index in [9.17, 15) is 5.53 Å². The number of morpholine rings is 1. The zero-order valence-corrected chi connectivity index (χ0v) is 14.7. The summed E-state index contributed by atoms with van der Waals surface area (Å²) in [6.45, 7) is 7.46. The Morgan fingerprint density at radius 3 is 2.75 bits per heavy atom. The average molecular weight is 334 g/mol. The van der Waals surface area contributed by atoms with Crippen LogP contribution in [0.5, 0.6) is 0 Å². The molecule has 2 aliphatic rings. The van der Waals surface area contributed by atoms with E-state index >= 15 is 0 Å². The van der Waals surface area contributed by atoms with E-state index < -0.39 is 0 Å². The fourth-order valence-corrected chi connectivity index (χ4v) is 2.63. The number of hydrogen-bond acceptors (Lipinski definition) is 3. The third kappa shape index (κ3) is 5.28. The molecule has 6 heteroatoms. The van der Waals surface area contributed by atoms with Crippen molar-refractivity contribution in [3.63, 3.8) is 0 Å². The van der Waals surface area contributed by atoms with Crippen LogP contribution in [0, 0.1) is 0 Å². The van der Waals surface area contributed by atoms with Crippen molar-refractivity contribution < 1.29 is 19.0 Å². The standard InChI is InChI=1S/C18H28N3O3/c1-3-5-8-22-16-12-15(21-19)17(23-9-6-4-2)11-14(16)18-13-20-7-10-24-18/h11-12,17-18H,3-10,13H2,1-2H3. The first-order valence-electron chi connectivity index (χ1n) is 8.95. The van der Waals surface area contributed by atoms with Crippen LogP contribution in [0.25, 0.3) is 5.53 Å². The van der Waals surface area contributed by atoms with Gasteiger partial charge in [-0.05, 0) is 18.9 Å². The van der Waals surface area contributed by atoms with E-state index in [1.54, 1.807) is 6.08 Å². The lowest BCUT2D eigenvalue weighted by Crippen LogP contribution is -2.38. The van der Waals surface area contributed by atoms with Crippen LogP contribution < -0.4 is 5.32 Å². The van der Waals surface area contributed by atoms with Crippen LogP contribution in [0.2, 0.25) is 0 Å². The zero-order valence-electron chi connectivity index (χ0n) is 14.7. The summed E-state index contributed by atoms with van der Waals surface area (Å²) in [5.41, 5.74) is 10.7. The van der Waals surface area contributed by atoms with E-state index in [-0.39, 0.29) is 12.2 Å². The van der Waals surface area contributed by atoms with Crippen LogP contribution in [-0.2, 0) is 14.2 Å². The van der Waals surface area contributed by atoms with Crippen molar-refractivity contribution in [1.82, 2.24) is 5.32 Å². The minimum absolute atomic E-state index is 0.121. The molecule has 2 unspecified atom stereocenters. The predicted octanol–water partition coefficient (Wildman–Crippen LogP) is 2.49. The topological polar surface area (TPSA) is 78.2 Å². The summed E-state index contributed by atoms with van der Waals surface area (Å²) in [5, 5.41) is 4.44. The molecule has 2 atom stereocenters. The second kappa shape index (κ2) is 10.4. The SMILES string of the molecule is CCCCOC1=CC(=[N+]=[N-])C(OCCCC)C=C1C1C[N]CCO1. The van der Waals surface area contributed by atoms with Crippen molar-refractivity contribution in [2.45, 2.75) is 51.7 Å². The highest BCUT2D eigenvalue weighted by molar-refractivity contribution is 5.98. The average Bonchev–Trinajstić information content (AvgIpc) is 2.63. The van der Waals surface area contributed by atoms with Crippen LogP contribution in [-0.4, -0.2) is 55.6 Å². The molecule has 6 nitrogen and oxygen atoms in total. The Bertz CT molecular complexity index is 504. The van der Waals surface area contributed by atoms with Gasteiger partial charge in [-0.2, -0.15) is 4.79 Å². The first-order chi connectivity index (χ1) is 11.8. The molecule has 0 N–H and O–H groups in total. The van der Waals surface area contributed by atoms with Gasteiger partial charge in [-0.15, -0.1) is 0 Å². The predicted molar refractivity (Wildman–Crippen MR) is 91.9 cm³/mol. The second-order valence-electron chi connectivity index (χ2n) is 5.99. The third-order valence-corrected chi connectivity index (χ3v) is 4.06. The molecule has 2 rings (SSSR count). The number of ether oxygens (including phenoxy) is 3. The largest absolute Gasteiger partial charge is 0.493 e. The van der Waals surface area contributed by atoms with Crippen molar-refractivity contribution in [2.24, 2.45) is 0 Å². The van der Waals surface area contributed by atoms with Gasteiger partial charge in [0.25, 0.3) is 0 Å². The van der Waals surface area contributed by atoms with Crippen molar-refractivity contribution in [1.29, 1.82) is 0 Å². The summed E-state index contributed by atoms with van der Waals surface area (Å²) in [4.78, 5) is 3.39. The lowest BCUT2D eigenvalue weighted by Gasteiger charge is -2.29. The molecule has 24 heavy (non-hydrogen) atoms. The number of rotatable bonds is 9. The maximum Gasteiger partial charge on any atom is 0.328 e. The fraction of sp³-hybridized carbons (Fsp3) is 0.722. The molecular weight excluding hydrogens is 306 g/mol. The third-order valence-electron chi connectivity index (χ3n) is 4.06. The van der Waals surface area contributed by atoms with Gasteiger partial charge in [0, 0.05) is 25.3 Å². The Labute approximate surface area is 144 Å². The molecule has 0 bridgehead atoms. The van der Waals surface area contributed by atoms with Crippen LogP contribution >= 0.6 is 0 Å². The molecule has 1 aliphatic carbocycles. The molecule has 0 aromatic rings. The Morgan fingerprint density at radius 2 is 2.08 bits per heavy atom. The van der Waals surface area contributed by atoms with Gasteiger partial charge >= 0.3 is 5.71 Å². The Kier molecular flexibility index (Phi) is 8.19. The van der Waals surface area contributed by atoms with Gasteiger partial charge in [-0.25, -0.2) is 5.32 Å². The minimum atomic E-state index is -0.374. The van der Waals surface area contributed by atoms with Crippen LogP contribution in [0.3, 0.4) is 0 Å². The monoisotopic (exact) mass is 334 g/mol. The number of nitrogens with zero attached hydrogens (tertiary/aromatic N) is 3. The van der Waals surface area contributed by atoms with E-state index in [2.05, 4.69) is 24.0 Å². The van der Waals surface area contributed by atoms with Crippen molar-refractivity contribution >= 4 is 5.71 Å². The van der Waals surface area contributed by atoms with Gasteiger partial charge in [0.15, 0.2) is 6.10 Å². The Hall–Kier alpha value is -1.46. The van der Waals surface area contributed by atoms with Gasteiger partial charge in [0.1, 0.15) is 5.76 Å². The summed E-state index contributed by atoms with van der Waals surface area (Å²) in [6.07, 6.45) is 7.29. The van der Waals surface area contributed by atoms with Crippen LogP contribution in [0.1, 0.15) is 39.5 Å².